The normalized spacial score (nSPS) is 22.5. The van der Waals surface area contributed by atoms with Gasteiger partial charge in [0.1, 0.15) is 17.6 Å². The van der Waals surface area contributed by atoms with Crippen LogP contribution in [0, 0.1) is 0 Å². The molecule has 1 aliphatic rings. The lowest BCUT2D eigenvalue weighted by Gasteiger charge is -2.41. The Morgan fingerprint density at radius 3 is 1.82 bits per heavy atom. The summed E-state index contributed by atoms with van der Waals surface area (Å²) in [6, 6.07) is 30.8. The molecule has 0 spiro atoms. The molecule has 4 rings (SSSR count). The van der Waals surface area contributed by atoms with Crippen LogP contribution >= 0.6 is 11.8 Å². The summed E-state index contributed by atoms with van der Waals surface area (Å²) in [5.74, 6) is 0.989. The van der Waals surface area contributed by atoms with Gasteiger partial charge in [0.2, 0.25) is 0 Å². The molecule has 3 aromatic carbocycles. The molecule has 1 fully saturated rings. The first-order chi connectivity index (χ1) is 16.8. The zero-order chi connectivity index (χ0) is 23.4. The molecule has 3 aromatic rings. The molecule has 4 nitrogen and oxygen atoms in total. The average molecular weight is 479 g/mol. The Kier molecular flexibility index (Phi) is 10.0. The number of ether oxygens (including phenoxy) is 4. The summed E-state index contributed by atoms with van der Waals surface area (Å²) in [7, 11) is 0. The van der Waals surface area contributed by atoms with E-state index in [1.807, 2.05) is 66.4 Å². The summed E-state index contributed by atoms with van der Waals surface area (Å²) in [5.41, 5.74) is 3.51. The molecule has 1 heterocycles. The summed E-state index contributed by atoms with van der Waals surface area (Å²) in [6.07, 6.45) is 0.298. The third kappa shape index (κ3) is 7.69. The van der Waals surface area contributed by atoms with Crippen LogP contribution in [0.4, 0.5) is 0 Å². The maximum atomic E-state index is 6.48. The predicted octanol–water partition coefficient (Wildman–Crippen LogP) is 6.24. The van der Waals surface area contributed by atoms with Crippen LogP contribution in [0.15, 0.2) is 91.0 Å². The highest BCUT2D eigenvalue weighted by Gasteiger charge is 2.40. The van der Waals surface area contributed by atoms with Crippen molar-refractivity contribution in [3.05, 3.63) is 108 Å². The summed E-state index contributed by atoms with van der Waals surface area (Å²) in [5, 5.41) is 0. The van der Waals surface area contributed by atoms with Crippen LogP contribution in [-0.4, -0.2) is 36.1 Å². The smallest absolute Gasteiger partial charge is 0.113 e. The van der Waals surface area contributed by atoms with Gasteiger partial charge < -0.3 is 18.9 Å². The van der Waals surface area contributed by atoms with Gasteiger partial charge in [0.25, 0.3) is 0 Å². The van der Waals surface area contributed by atoms with Crippen LogP contribution in [0.2, 0.25) is 0 Å². The number of benzene rings is 3. The van der Waals surface area contributed by atoms with E-state index in [4.69, 9.17) is 18.9 Å². The second-order valence-electron chi connectivity index (χ2n) is 8.39. The number of hydrogen-bond donors (Lipinski definition) is 0. The molecule has 1 aliphatic heterocycles. The van der Waals surface area contributed by atoms with E-state index in [2.05, 4.69) is 43.3 Å². The fourth-order valence-electron chi connectivity index (χ4n) is 4.11. The zero-order valence-corrected chi connectivity index (χ0v) is 20.6. The van der Waals surface area contributed by atoms with Gasteiger partial charge in [-0.3, -0.25) is 0 Å². The third-order valence-corrected chi connectivity index (χ3v) is 6.83. The van der Waals surface area contributed by atoms with E-state index >= 15 is 0 Å². The van der Waals surface area contributed by atoms with Gasteiger partial charge in [0.05, 0.1) is 32.5 Å². The minimum Gasteiger partial charge on any atom is -0.374 e. The molecule has 0 saturated carbocycles. The topological polar surface area (TPSA) is 36.9 Å². The highest BCUT2D eigenvalue weighted by atomic mass is 32.2. The molecule has 0 unspecified atom stereocenters. The first-order valence-electron chi connectivity index (χ1n) is 12.0. The lowest BCUT2D eigenvalue weighted by molar-refractivity contribution is -0.204. The van der Waals surface area contributed by atoms with Gasteiger partial charge in [-0.1, -0.05) is 97.9 Å². The quantitative estimate of drug-likeness (QED) is 0.308. The molecule has 0 amide bonds. The molecular formula is C29H34O4S. The largest absolute Gasteiger partial charge is 0.374 e. The first-order valence-corrected chi connectivity index (χ1v) is 13.1. The molecule has 1 saturated heterocycles. The Labute approximate surface area is 207 Å². The summed E-state index contributed by atoms with van der Waals surface area (Å²) >= 11 is 1.81. The minimum absolute atomic E-state index is 0.0627. The van der Waals surface area contributed by atoms with E-state index in [0.29, 0.717) is 26.4 Å². The fourth-order valence-corrected chi connectivity index (χ4v) is 5.03. The lowest BCUT2D eigenvalue weighted by Crippen LogP contribution is -2.51. The van der Waals surface area contributed by atoms with Crippen LogP contribution in [0.1, 0.15) is 30.0 Å². The van der Waals surface area contributed by atoms with Crippen LogP contribution < -0.4 is 0 Å². The minimum atomic E-state index is -0.214. The second kappa shape index (κ2) is 13.7. The summed E-state index contributed by atoms with van der Waals surface area (Å²) in [6.45, 7) is 4.24. The standard InChI is InChI=1S/C29H34O4S/c1-2-34-28-18-26(31-20-24-14-8-4-9-15-24)29(32-21-25-16-10-5-11-17-25)27(33-28)22-30-19-23-12-6-3-7-13-23/h3-17,26-29H,2,18-22H2,1H3/t26-,27-,28-,29+/m1/s1. The number of thioether (sulfide) groups is 1. The van der Waals surface area contributed by atoms with Gasteiger partial charge in [-0.2, -0.15) is 0 Å². The Balaban J connectivity index is 1.46. The van der Waals surface area contributed by atoms with Gasteiger partial charge >= 0.3 is 0 Å². The molecule has 0 bridgehead atoms. The van der Waals surface area contributed by atoms with Gasteiger partial charge in [-0.05, 0) is 22.4 Å². The van der Waals surface area contributed by atoms with Crippen molar-refractivity contribution in [2.75, 3.05) is 12.4 Å². The van der Waals surface area contributed by atoms with Gasteiger partial charge in [0.15, 0.2) is 0 Å². The SMILES string of the molecule is CCS[C@@H]1C[C@@H](OCc2ccccc2)[C@H](OCc2ccccc2)[C@@H](COCc2ccccc2)O1. The van der Waals surface area contributed by atoms with Crippen LogP contribution in [0.5, 0.6) is 0 Å². The van der Waals surface area contributed by atoms with E-state index in [-0.39, 0.29) is 23.7 Å². The zero-order valence-electron chi connectivity index (χ0n) is 19.8. The molecule has 4 atom stereocenters. The lowest BCUT2D eigenvalue weighted by atomic mass is 10.0. The van der Waals surface area contributed by atoms with Crippen molar-refractivity contribution in [2.24, 2.45) is 0 Å². The van der Waals surface area contributed by atoms with Crippen LogP contribution in [0.25, 0.3) is 0 Å². The maximum Gasteiger partial charge on any atom is 0.113 e. The van der Waals surface area contributed by atoms with E-state index in [1.54, 1.807) is 0 Å². The Hall–Kier alpha value is -2.15. The van der Waals surface area contributed by atoms with Crippen molar-refractivity contribution in [3.8, 4) is 0 Å². The molecule has 0 radical (unpaired) electrons. The maximum absolute atomic E-state index is 6.48. The Morgan fingerprint density at radius 1 is 0.735 bits per heavy atom. The van der Waals surface area contributed by atoms with E-state index in [0.717, 1.165) is 28.9 Å². The molecule has 0 aliphatic carbocycles. The highest BCUT2D eigenvalue weighted by molar-refractivity contribution is 7.99. The van der Waals surface area contributed by atoms with Crippen LogP contribution in [-0.2, 0) is 38.8 Å². The predicted molar refractivity (Wildman–Crippen MR) is 138 cm³/mol. The van der Waals surface area contributed by atoms with Crippen molar-refractivity contribution >= 4 is 11.8 Å². The summed E-state index contributed by atoms with van der Waals surface area (Å²) < 4.78 is 25.5. The Bertz CT molecular complexity index is 938. The van der Waals surface area contributed by atoms with Gasteiger partial charge in [-0.15, -0.1) is 11.8 Å². The van der Waals surface area contributed by atoms with E-state index < -0.39 is 0 Å². The van der Waals surface area contributed by atoms with Gasteiger partial charge in [0, 0.05) is 6.42 Å². The molecule has 0 aromatic heterocycles. The molecule has 34 heavy (non-hydrogen) atoms. The first kappa shape index (κ1) is 25.0. The molecular weight excluding hydrogens is 444 g/mol. The third-order valence-electron chi connectivity index (χ3n) is 5.82. The molecule has 180 valence electrons. The fraction of sp³-hybridized carbons (Fsp3) is 0.379. The molecule has 5 heteroatoms. The number of rotatable bonds is 12. The van der Waals surface area contributed by atoms with Crippen molar-refractivity contribution < 1.29 is 18.9 Å². The van der Waals surface area contributed by atoms with Crippen molar-refractivity contribution in [2.45, 2.75) is 56.9 Å². The van der Waals surface area contributed by atoms with Gasteiger partial charge in [-0.25, -0.2) is 0 Å². The second-order valence-corrected chi connectivity index (χ2v) is 9.83. The summed E-state index contributed by atoms with van der Waals surface area (Å²) in [4.78, 5) is 0. The number of hydrogen-bond acceptors (Lipinski definition) is 5. The highest BCUT2D eigenvalue weighted by Crippen LogP contribution is 2.32. The average Bonchev–Trinajstić information content (AvgIpc) is 2.89. The van der Waals surface area contributed by atoms with E-state index in [1.165, 1.54) is 0 Å². The van der Waals surface area contributed by atoms with Crippen LogP contribution in [0.3, 0.4) is 0 Å². The van der Waals surface area contributed by atoms with E-state index in [9.17, 15) is 0 Å². The molecule has 0 N–H and O–H groups in total. The monoisotopic (exact) mass is 478 g/mol. The Morgan fingerprint density at radius 2 is 1.26 bits per heavy atom. The van der Waals surface area contributed by atoms with Crippen molar-refractivity contribution in [1.82, 2.24) is 0 Å². The van der Waals surface area contributed by atoms with Crippen molar-refractivity contribution in [3.63, 3.8) is 0 Å². The van der Waals surface area contributed by atoms with Crippen molar-refractivity contribution in [1.29, 1.82) is 0 Å².